The van der Waals surface area contributed by atoms with E-state index in [9.17, 15) is 4.79 Å². The lowest BCUT2D eigenvalue weighted by molar-refractivity contribution is -0.131. The van der Waals surface area contributed by atoms with Crippen LogP contribution in [0.2, 0.25) is 0 Å². The number of aliphatic imine (C=N–C) groups is 1. The zero-order chi connectivity index (χ0) is 8.57. The summed E-state index contributed by atoms with van der Waals surface area (Å²) in [6.07, 6.45) is 0.833. The quantitative estimate of drug-likeness (QED) is 0.254. The highest BCUT2D eigenvalue weighted by atomic mass is 16.4. The van der Waals surface area contributed by atoms with Gasteiger partial charge in [-0.2, -0.15) is 0 Å². The van der Waals surface area contributed by atoms with E-state index < -0.39 is 5.97 Å². The van der Waals surface area contributed by atoms with Gasteiger partial charge in [0.1, 0.15) is 0 Å². The number of rotatable bonds is 1. The Morgan fingerprint density at radius 3 is 1.90 bits per heavy atom. The molecule has 0 aliphatic heterocycles. The maximum absolute atomic E-state index is 9.25. The molecule has 0 aromatic heterocycles. The number of hydrogen-bond donors (Lipinski definition) is 3. The van der Waals surface area contributed by atoms with Gasteiger partial charge in [0.2, 0.25) is 0 Å². The second kappa shape index (κ2) is 7.48. The first-order chi connectivity index (χ1) is 4.54. The van der Waals surface area contributed by atoms with Gasteiger partial charge < -0.3 is 16.6 Å². The van der Waals surface area contributed by atoms with Crippen molar-refractivity contribution in [2.45, 2.75) is 0 Å². The van der Waals surface area contributed by atoms with Gasteiger partial charge in [-0.25, -0.2) is 4.79 Å². The number of aliphatic carboxylic acids is 1. The van der Waals surface area contributed by atoms with Crippen LogP contribution in [0.25, 0.3) is 0 Å². The Kier molecular flexibility index (Phi) is 8.45. The molecule has 0 saturated carbocycles. The van der Waals surface area contributed by atoms with Crippen LogP contribution in [0.15, 0.2) is 17.6 Å². The van der Waals surface area contributed by atoms with Crippen molar-refractivity contribution in [1.82, 2.24) is 0 Å². The average molecular weight is 145 g/mol. The van der Waals surface area contributed by atoms with E-state index in [0.717, 1.165) is 6.08 Å². The van der Waals surface area contributed by atoms with E-state index >= 15 is 0 Å². The summed E-state index contributed by atoms with van der Waals surface area (Å²) in [6, 6.07) is 0. The van der Waals surface area contributed by atoms with Crippen LogP contribution in [0.5, 0.6) is 0 Å². The predicted octanol–water partition coefficient (Wildman–Crippen LogP) is -0.853. The van der Waals surface area contributed by atoms with E-state index in [-0.39, 0.29) is 5.96 Å². The predicted molar refractivity (Wildman–Crippen MR) is 39.6 cm³/mol. The minimum atomic E-state index is -0.981. The fraction of sp³-hybridized carbons (Fsp3) is 0.200. The van der Waals surface area contributed by atoms with Gasteiger partial charge in [-0.05, 0) is 0 Å². The average Bonchev–Trinajstić information content (AvgIpc) is 1.89. The highest BCUT2D eigenvalue weighted by Gasteiger charge is 1.73. The maximum atomic E-state index is 9.25. The van der Waals surface area contributed by atoms with E-state index in [0.29, 0.717) is 0 Å². The van der Waals surface area contributed by atoms with Crippen molar-refractivity contribution in [2.24, 2.45) is 16.5 Å². The van der Waals surface area contributed by atoms with Crippen molar-refractivity contribution in [1.29, 1.82) is 0 Å². The minimum Gasteiger partial charge on any atom is -0.478 e. The fourth-order valence-electron chi connectivity index (χ4n) is 0. The number of guanidine groups is 1. The van der Waals surface area contributed by atoms with Gasteiger partial charge in [0, 0.05) is 13.1 Å². The van der Waals surface area contributed by atoms with Crippen molar-refractivity contribution >= 4 is 11.9 Å². The molecular weight excluding hydrogens is 134 g/mol. The molecule has 0 rings (SSSR count). The Bertz CT molecular complexity index is 138. The molecule has 0 saturated heterocycles. The lowest BCUT2D eigenvalue weighted by Crippen LogP contribution is -2.21. The lowest BCUT2D eigenvalue weighted by atomic mass is 10.7. The van der Waals surface area contributed by atoms with Crippen LogP contribution >= 0.6 is 0 Å². The Hall–Kier alpha value is -1.52. The molecule has 0 aromatic rings. The molecule has 0 unspecified atom stereocenters. The summed E-state index contributed by atoms with van der Waals surface area (Å²) in [5.74, 6) is -0.852. The smallest absolute Gasteiger partial charge is 0.327 e. The summed E-state index contributed by atoms with van der Waals surface area (Å²) < 4.78 is 0. The summed E-state index contributed by atoms with van der Waals surface area (Å²) in [6.45, 7) is 2.96. The molecular formula is C5H11N3O2. The summed E-state index contributed by atoms with van der Waals surface area (Å²) in [7, 11) is 1.54. The highest BCUT2D eigenvalue weighted by molar-refractivity contribution is 5.78. The second-order valence-corrected chi connectivity index (χ2v) is 1.19. The molecule has 0 aromatic carbocycles. The first-order valence-corrected chi connectivity index (χ1v) is 2.37. The summed E-state index contributed by atoms with van der Waals surface area (Å²) in [4.78, 5) is 12.6. The van der Waals surface area contributed by atoms with Gasteiger partial charge in [0.15, 0.2) is 5.96 Å². The van der Waals surface area contributed by atoms with Gasteiger partial charge >= 0.3 is 5.97 Å². The minimum absolute atomic E-state index is 0.130. The van der Waals surface area contributed by atoms with Crippen LogP contribution in [0, 0.1) is 0 Å². The van der Waals surface area contributed by atoms with E-state index in [1.165, 1.54) is 7.05 Å². The molecule has 0 aliphatic rings. The first kappa shape index (κ1) is 11.3. The maximum Gasteiger partial charge on any atom is 0.327 e. The van der Waals surface area contributed by atoms with E-state index in [1.807, 2.05) is 0 Å². The van der Waals surface area contributed by atoms with Crippen LogP contribution in [0.3, 0.4) is 0 Å². The molecule has 5 N–H and O–H groups in total. The van der Waals surface area contributed by atoms with Crippen molar-refractivity contribution < 1.29 is 9.90 Å². The standard InChI is InChI=1S/C3H4O2.C2H7N3/c1-2-3(4)5;1-5-2(3)4/h2H,1H2,(H,4,5);1H3,(H4,3,4,5). The van der Waals surface area contributed by atoms with Gasteiger partial charge in [-0.3, -0.25) is 4.99 Å². The molecule has 0 amide bonds. The Balaban J connectivity index is 0. The number of carboxylic acids is 1. The third kappa shape index (κ3) is 31.6. The summed E-state index contributed by atoms with van der Waals surface area (Å²) in [5.41, 5.74) is 9.64. The lowest BCUT2D eigenvalue weighted by Gasteiger charge is -1.77. The largest absolute Gasteiger partial charge is 0.478 e. The molecule has 10 heavy (non-hydrogen) atoms. The van der Waals surface area contributed by atoms with E-state index in [2.05, 4.69) is 11.6 Å². The summed E-state index contributed by atoms with van der Waals surface area (Å²) >= 11 is 0. The van der Waals surface area contributed by atoms with Crippen molar-refractivity contribution in [3.8, 4) is 0 Å². The Labute approximate surface area is 59.0 Å². The van der Waals surface area contributed by atoms with E-state index in [4.69, 9.17) is 16.6 Å². The number of nitrogens with zero attached hydrogens (tertiary/aromatic N) is 1. The molecule has 0 atom stereocenters. The van der Waals surface area contributed by atoms with Crippen LogP contribution in [-0.2, 0) is 4.79 Å². The normalized spacial score (nSPS) is 6.50. The second-order valence-electron chi connectivity index (χ2n) is 1.19. The van der Waals surface area contributed by atoms with Crippen LogP contribution < -0.4 is 11.5 Å². The van der Waals surface area contributed by atoms with Crippen molar-refractivity contribution in [3.63, 3.8) is 0 Å². The monoisotopic (exact) mass is 145 g/mol. The van der Waals surface area contributed by atoms with Crippen molar-refractivity contribution in [3.05, 3.63) is 12.7 Å². The zero-order valence-electron chi connectivity index (χ0n) is 5.74. The first-order valence-electron chi connectivity index (χ1n) is 2.37. The highest BCUT2D eigenvalue weighted by Crippen LogP contribution is 1.54. The number of carboxylic acid groups (broad SMARTS) is 1. The number of hydrogen-bond acceptors (Lipinski definition) is 2. The van der Waals surface area contributed by atoms with Gasteiger partial charge in [-0.1, -0.05) is 6.58 Å². The molecule has 0 fully saturated rings. The third-order valence-electron chi connectivity index (χ3n) is 0.433. The zero-order valence-corrected chi connectivity index (χ0v) is 5.74. The van der Waals surface area contributed by atoms with Gasteiger partial charge in [0.05, 0.1) is 0 Å². The Morgan fingerprint density at radius 1 is 1.70 bits per heavy atom. The van der Waals surface area contributed by atoms with Crippen LogP contribution in [-0.4, -0.2) is 24.1 Å². The van der Waals surface area contributed by atoms with Gasteiger partial charge in [-0.15, -0.1) is 0 Å². The van der Waals surface area contributed by atoms with Gasteiger partial charge in [0.25, 0.3) is 0 Å². The van der Waals surface area contributed by atoms with E-state index in [1.54, 1.807) is 0 Å². The van der Waals surface area contributed by atoms with Crippen LogP contribution in [0.1, 0.15) is 0 Å². The van der Waals surface area contributed by atoms with Crippen LogP contribution in [0.4, 0.5) is 0 Å². The number of carbonyl (C=O) groups is 1. The molecule has 0 heterocycles. The fourth-order valence-corrected chi connectivity index (χ4v) is 0. The van der Waals surface area contributed by atoms with Crippen molar-refractivity contribution in [2.75, 3.05) is 7.05 Å². The molecule has 0 spiro atoms. The molecule has 0 aliphatic carbocycles. The molecule has 0 radical (unpaired) electrons. The Morgan fingerprint density at radius 2 is 1.90 bits per heavy atom. The molecule has 0 bridgehead atoms. The molecule has 58 valence electrons. The third-order valence-corrected chi connectivity index (χ3v) is 0.433. The topological polar surface area (TPSA) is 102 Å². The SMILES string of the molecule is C=CC(=O)O.CN=C(N)N. The molecule has 5 heteroatoms. The number of nitrogens with two attached hydrogens (primary N) is 2. The summed E-state index contributed by atoms with van der Waals surface area (Å²) in [5, 5.41) is 7.60. The molecule has 5 nitrogen and oxygen atoms in total.